The fourth-order valence-corrected chi connectivity index (χ4v) is 1.95. The molecule has 0 fully saturated rings. The zero-order valence-corrected chi connectivity index (χ0v) is 10.7. The highest BCUT2D eigenvalue weighted by molar-refractivity contribution is 5.61. The van der Waals surface area contributed by atoms with E-state index in [9.17, 15) is 0 Å². The van der Waals surface area contributed by atoms with Crippen LogP contribution in [0.2, 0.25) is 0 Å². The van der Waals surface area contributed by atoms with Crippen molar-refractivity contribution >= 4 is 0 Å². The van der Waals surface area contributed by atoms with Gasteiger partial charge in [0.2, 0.25) is 0 Å². The van der Waals surface area contributed by atoms with E-state index in [-0.39, 0.29) is 13.2 Å². The predicted molar refractivity (Wildman–Crippen MR) is 67.1 cm³/mol. The van der Waals surface area contributed by atoms with Crippen LogP contribution in [-0.4, -0.2) is 43.0 Å². The summed E-state index contributed by atoms with van der Waals surface area (Å²) in [6, 6.07) is 1.98. The Morgan fingerprint density at radius 1 is 1.11 bits per heavy atom. The van der Waals surface area contributed by atoms with Crippen LogP contribution in [-0.2, 0) is 13.1 Å². The predicted octanol–water partition coefficient (Wildman–Crippen LogP) is 0.348. The number of aryl methyl sites for hydroxylation is 2. The normalized spacial score (nSPS) is 11.1. The van der Waals surface area contributed by atoms with Crippen LogP contribution in [0.1, 0.15) is 11.4 Å². The van der Waals surface area contributed by atoms with Gasteiger partial charge in [-0.05, 0) is 19.9 Å². The third-order valence-electron chi connectivity index (χ3n) is 2.84. The summed E-state index contributed by atoms with van der Waals surface area (Å²) in [6.07, 6.45) is 1.89. The van der Waals surface area contributed by atoms with E-state index in [2.05, 4.69) is 10.2 Å². The average Bonchev–Trinajstić information content (AvgIpc) is 2.85. The van der Waals surface area contributed by atoms with E-state index in [1.54, 1.807) is 9.36 Å². The highest BCUT2D eigenvalue weighted by Gasteiger charge is 2.12. The number of aliphatic hydroxyl groups excluding tert-OH is 2. The maximum absolute atomic E-state index is 8.95. The van der Waals surface area contributed by atoms with Gasteiger partial charge in [0.15, 0.2) is 0 Å². The Morgan fingerprint density at radius 3 is 2.50 bits per heavy atom. The van der Waals surface area contributed by atoms with E-state index in [4.69, 9.17) is 10.2 Å². The second-order valence-electron chi connectivity index (χ2n) is 4.23. The van der Waals surface area contributed by atoms with Crippen molar-refractivity contribution in [3.63, 3.8) is 0 Å². The van der Waals surface area contributed by atoms with Crippen LogP contribution in [0.4, 0.5) is 0 Å². The summed E-state index contributed by atoms with van der Waals surface area (Å²) >= 11 is 0. The largest absolute Gasteiger partial charge is 0.394 e. The van der Waals surface area contributed by atoms with Gasteiger partial charge in [0.05, 0.1) is 37.7 Å². The Bertz CT molecular complexity index is 530. The summed E-state index contributed by atoms with van der Waals surface area (Å²) in [7, 11) is 0. The van der Waals surface area contributed by atoms with Crippen LogP contribution in [0, 0.1) is 13.8 Å². The van der Waals surface area contributed by atoms with Crippen molar-refractivity contribution in [2.75, 3.05) is 13.2 Å². The topological polar surface area (TPSA) is 76.1 Å². The molecule has 0 aliphatic heterocycles. The first-order valence-electron chi connectivity index (χ1n) is 5.96. The molecule has 2 N–H and O–H groups in total. The molecule has 0 bridgehead atoms. The van der Waals surface area contributed by atoms with Crippen molar-refractivity contribution in [1.29, 1.82) is 0 Å². The molecule has 0 saturated carbocycles. The van der Waals surface area contributed by atoms with Crippen molar-refractivity contribution in [1.82, 2.24) is 19.6 Å². The quantitative estimate of drug-likeness (QED) is 0.802. The zero-order chi connectivity index (χ0) is 13.1. The third kappa shape index (κ3) is 2.44. The lowest BCUT2D eigenvalue weighted by molar-refractivity contribution is 0.268. The Hall–Kier alpha value is -1.66. The van der Waals surface area contributed by atoms with Gasteiger partial charge >= 0.3 is 0 Å². The fourth-order valence-electron chi connectivity index (χ4n) is 1.95. The van der Waals surface area contributed by atoms with Gasteiger partial charge in [-0.3, -0.25) is 9.36 Å². The SMILES string of the molecule is Cc1nn(CCO)cc1-c1cc(C)n(CCO)n1. The van der Waals surface area contributed by atoms with Gasteiger partial charge < -0.3 is 10.2 Å². The number of aliphatic hydroxyl groups is 2. The van der Waals surface area contributed by atoms with E-state index in [0.29, 0.717) is 13.1 Å². The van der Waals surface area contributed by atoms with E-state index >= 15 is 0 Å². The third-order valence-corrected chi connectivity index (χ3v) is 2.84. The number of hydrogen-bond acceptors (Lipinski definition) is 4. The lowest BCUT2D eigenvalue weighted by Gasteiger charge is -1.99. The molecular weight excluding hydrogens is 232 g/mol. The van der Waals surface area contributed by atoms with Crippen molar-refractivity contribution in [2.45, 2.75) is 26.9 Å². The molecule has 0 aliphatic rings. The molecule has 0 radical (unpaired) electrons. The summed E-state index contributed by atoms with van der Waals surface area (Å²) in [6.45, 7) is 5.00. The highest BCUT2D eigenvalue weighted by atomic mass is 16.3. The summed E-state index contributed by atoms with van der Waals surface area (Å²) in [4.78, 5) is 0. The molecule has 18 heavy (non-hydrogen) atoms. The van der Waals surface area contributed by atoms with E-state index < -0.39 is 0 Å². The van der Waals surface area contributed by atoms with Crippen molar-refractivity contribution in [3.05, 3.63) is 23.7 Å². The fraction of sp³-hybridized carbons (Fsp3) is 0.500. The standard InChI is InChI=1S/C12H18N4O2/c1-9-7-12(14-16(9)4-6-18)11-8-15(3-5-17)13-10(11)2/h7-8,17-18H,3-6H2,1-2H3. The second-order valence-corrected chi connectivity index (χ2v) is 4.23. The molecule has 2 aromatic heterocycles. The molecule has 0 amide bonds. The zero-order valence-electron chi connectivity index (χ0n) is 10.7. The molecule has 0 aromatic carbocycles. The number of aromatic nitrogens is 4. The number of hydrogen-bond donors (Lipinski definition) is 2. The molecule has 0 aliphatic carbocycles. The molecule has 0 atom stereocenters. The van der Waals surface area contributed by atoms with E-state index in [1.165, 1.54) is 0 Å². The molecule has 2 aromatic rings. The summed E-state index contributed by atoms with van der Waals surface area (Å²) in [5.41, 5.74) is 3.70. The molecule has 98 valence electrons. The first-order chi connectivity index (χ1) is 8.65. The van der Waals surface area contributed by atoms with Crippen LogP contribution < -0.4 is 0 Å². The van der Waals surface area contributed by atoms with Gasteiger partial charge in [-0.25, -0.2) is 0 Å². The Morgan fingerprint density at radius 2 is 1.83 bits per heavy atom. The number of nitrogens with zero attached hydrogens (tertiary/aromatic N) is 4. The maximum atomic E-state index is 8.95. The lowest BCUT2D eigenvalue weighted by Crippen LogP contribution is -2.05. The Kier molecular flexibility index (Phi) is 3.78. The van der Waals surface area contributed by atoms with Gasteiger partial charge in [0.1, 0.15) is 0 Å². The molecule has 2 heterocycles. The molecule has 6 nitrogen and oxygen atoms in total. The molecule has 6 heteroatoms. The minimum absolute atomic E-state index is 0.0680. The Labute approximate surface area is 105 Å². The average molecular weight is 250 g/mol. The minimum atomic E-state index is 0.0680. The smallest absolute Gasteiger partial charge is 0.0960 e. The highest BCUT2D eigenvalue weighted by Crippen LogP contribution is 2.22. The molecule has 2 rings (SSSR count). The van der Waals surface area contributed by atoms with Gasteiger partial charge in [-0.15, -0.1) is 0 Å². The molecule has 0 saturated heterocycles. The van der Waals surface area contributed by atoms with Crippen LogP contribution in [0.15, 0.2) is 12.3 Å². The molecule has 0 spiro atoms. The summed E-state index contributed by atoms with van der Waals surface area (Å²) in [5, 5.41) is 26.6. The number of rotatable bonds is 5. The van der Waals surface area contributed by atoms with Gasteiger partial charge in [-0.2, -0.15) is 10.2 Å². The van der Waals surface area contributed by atoms with Crippen molar-refractivity contribution in [3.8, 4) is 11.3 Å². The molecular formula is C12H18N4O2. The van der Waals surface area contributed by atoms with Crippen LogP contribution in [0.3, 0.4) is 0 Å². The van der Waals surface area contributed by atoms with Crippen molar-refractivity contribution in [2.24, 2.45) is 0 Å². The van der Waals surface area contributed by atoms with Gasteiger partial charge in [-0.1, -0.05) is 0 Å². The van der Waals surface area contributed by atoms with E-state index in [1.807, 2.05) is 26.1 Å². The summed E-state index contributed by atoms with van der Waals surface area (Å²) in [5.74, 6) is 0. The molecule has 0 unspecified atom stereocenters. The first-order valence-corrected chi connectivity index (χ1v) is 5.96. The van der Waals surface area contributed by atoms with Crippen LogP contribution >= 0.6 is 0 Å². The second kappa shape index (κ2) is 5.32. The van der Waals surface area contributed by atoms with Gasteiger partial charge in [0, 0.05) is 17.5 Å². The first kappa shape index (κ1) is 12.8. The van der Waals surface area contributed by atoms with E-state index in [0.717, 1.165) is 22.6 Å². The van der Waals surface area contributed by atoms with Gasteiger partial charge in [0.25, 0.3) is 0 Å². The van der Waals surface area contributed by atoms with Crippen LogP contribution in [0.25, 0.3) is 11.3 Å². The lowest BCUT2D eigenvalue weighted by atomic mass is 10.2. The monoisotopic (exact) mass is 250 g/mol. The maximum Gasteiger partial charge on any atom is 0.0960 e. The minimum Gasteiger partial charge on any atom is -0.394 e. The van der Waals surface area contributed by atoms with Crippen molar-refractivity contribution < 1.29 is 10.2 Å². The van der Waals surface area contributed by atoms with Crippen LogP contribution in [0.5, 0.6) is 0 Å². The summed E-state index contributed by atoms with van der Waals surface area (Å²) < 4.78 is 3.49. The Balaban J connectivity index is 2.33.